The van der Waals surface area contributed by atoms with Gasteiger partial charge in [-0.3, -0.25) is 24.5 Å². The van der Waals surface area contributed by atoms with Crippen LogP contribution in [0.5, 0.6) is 0 Å². The molecule has 1 N–H and O–H groups in total. The third kappa shape index (κ3) is 3.21. The van der Waals surface area contributed by atoms with Gasteiger partial charge in [0.2, 0.25) is 5.91 Å². The molecule has 1 fully saturated rings. The first-order chi connectivity index (χ1) is 19.4. The fraction of sp³-hybridized carbons (Fsp3) is 0.129. The zero-order valence-electron chi connectivity index (χ0n) is 20.9. The number of amides is 1. The van der Waals surface area contributed by atoms with Crippen molar-refractivity contribution < 1.29 is 19.3 Å². The number of thiophene rings is 1. The largest absolute Gasteiger partial charge is 0.358 e. The van der Waals surface area contributed by atoms with E-state index in [4.69, 9.17) is 0 Å². The van der Waals surface area contributed by atoms with E-state index < -0.39 is 34.1 Å². The van der Waals surface area contributed by atoms with Gasteiger partial charge < -0.3 is 10.2 Å². The van der Waals surface area contributed by atoms with Crippen molar-refractivity contribution >= 4 is 46.3 Å². The highest BCUT2D eigenvalue weighted by Crippen LogP contribution is 2.62. The molecule has 196 valence electrons. The highest BCUT2D eigenvalue weighted by atomic mass is 32.1. The number of rotatable bonds is 5. The number of anilines is 1. The number of nitrogens with zero attached hydrogens (tertiary/aromatic N) is 2. The van der Waals surface area contributed by atoms with Crippen molar-refractivity contribution in [2.75, 3.05) is 5.32 Å². The molecule has 8 nitrogen and oxygen atoms in total. The maximum Gasteiger partial charge on any atom is 0.269 e. The van der Waals surface area contributed by atoms with Crippen LogP contribution in [-0.2, 0) is 10.2 Å². The summed E-state index contributed by atoms with van der Waals surface area (Å²) < 4.78 is 0. The lowest BCUT2D eigenvalue weighted by Gasteiger charge is -2.38. The number of nitro groups is 1. The highest BCUT2D eigenvalue weighted by molar-refractivity contribution is 7.12. The smallest absolute Gasteiger partial charge is 0.269 e. The zero-order chi connectivity index (χ0) is 27.6. The maximum atomic E-state index is 14.6. The Morgan fingerprint density at radius 1 is 0.925 bits per heavy atom. The number of fused-ring (bicyclic) bond motifs is 6. The van der Waals surface area contributed by atoms with E-state index >= 15 is 0 Å². The van der Waals surface area contributed by atoms with Gasteiger partial charge in [0.15, 0.2) is 11.6 Å². The molecule has 4 aromatic rings. The molecule has 1 spiro atoms. The van der Waals surface area contributed by atoms with Gasteiger partial charge in [-0.15, -0.1) is 11.3 Å². The number of para-hydroxylation sites is 1. The quantitative estimate of drug-likeness (QED) is 0.197. The summed E-state index contributed by atoms with van der Waals surface area (Å²) in [6.45, 7) is 0. The van der Waals surface area contributed by atoms with Crippen LogP contribution >= 0.6 is 11.3 Å². The maximum absolute atomic E-state index is 14.6. The van der Waals surface area contributed by atoms with Crippen LogP contribution in [0, 0.1) is 16.0 Å². The van der Waals surface area contributed by atoms with Crippen LogP contribution in [0.3, 0.4) is 0 Å². The van der Waals surface area contributed by atoms with Gasteiger partial charge in [0.1, 0.15) is 11.5 Å². The Morgan fingerprint density at radius 2 is 1.68 bits per heavy atom. The summed E-state index contributed by atoms with van der Waals surface area (Å²) in [4.78, 5) is 56.4. The lowest BCUT2D eigenvalue weighted by Crippen LogP contribution is -2.49. The van der Waals surface area contributed by atoms with Crippen LogP contribution in [0.25, 0.3) is 6.08 Å². The molecule has 4 heterocycles. The molecule has 1 saturated heterocycles. The van der Waals surface area contributed by atoms with Crippen molar-refractivity contribution in [1.82, 2.24) is 4.90 Å². The summed E-state index contributed by atoms with van der Waals surface area (Å²) in [5, 5.41) is 16.1. The van der Waals surface area contributed by atoms with E-state index in [-0.39, 0.29) is 22.9 Å². The third-order valence-electron chi connectivity index (χ3n) is 8.25. The monoisotopic (exact) mass is 547 g/mol. The number of ketones is 2. The molecule has 0 bridgehead atoms. The van der Waals surface area contributed by atoms with Crippen molar-refractivity contribution in [3.63, 3.8) is 0 Å². The standard InChI is InChI=1S/C31H21N3O5S/c35-27(19-11-13-20(14-12-19)34(38)39)25-26(28(36)24-10-5-17-40-24)33-16-15-18-6-1-2-7-21(18)29(33)31(25)22-8-3-4-9-23(22)32-30(31)37/h1-17,25-26,29H,(H,32,37)/t25-,26+,29+,31-/m1/s1. The number of nitro benzene ring substituents is 1. The molecule has 0 saturated carbocycles. The van der Waals surface area contributed by atoms with Crippen LogP contribution in [0.1, 0.15) is 42.8 Å². The molecule has 3 aliphatic rings. The van der Waals surface area contributed by atoms with E-state index in [0.29, 0.717) is 16.1 Å². The van der Waals surface area contributed by atoms with E-state index in [0.717, 1.165) is 11.1 Å². The fourth-order valence-corrected chi connectivity index (χ4v) is 7.36. The summed E-state index contributed by atoms with van der Waals surface area (Å²) >= 11 is 1.29. The molecular formula is C31H21N3O5S. The number of hydrogen-bond acceptors (Lipinski definition) is 7. The first-order valence-electron chi connectivity index (χ1n) is 12.7. The summed E-state index contributed by atoms with van der Waals surface area (Å²) in [6.07, 6.45) is 3.73. The van der Waals surface area contributed by atoms with Crippen molar-refractivity contribution in [3.05, 3.63) is 134 Å². The van der Waals surface area contributed by atoms with Crippen LogP contribution in [0.4, 0.5) is 11.4 Å². The Bertz CT molecular complexity index is 1750. The molecule has 7 rings (SSSR count). The van der Waals surface area contributed by atoms with Gasteiger partial charge in [-0.2, -0.15) is 0 Å². The molecule has 0 aliphatic carbocycles. The number of non-ortho nitro benzene ring substituents is 1. The van der Waals surface area contributed by atoms with Crippen LogP contribution in [0.2, 0.25) is 0 Å². The normalized spacial score (nSPS) is 23.9. The lowest BCUT2D eigenvalue weighted by atomic mass is 9.63. The van der Waals surface area contributed by atoms with Crippen molar-refractivity contribution in [3.8, 4) is 0 Å². The van der Waals surface area contributed by atoms with E-state index in [9.17, 15) is 24.5 Å². The molecule has 3 aliphatic heterocycles. The predicted octanol–water partition coefficient (Wildman–Crippen LogP) is 5.64. The van der Waals surface area contributed by atoms with Crippen molar-refractivity contribution in [2.24, 2.45) is 5.92 Å². The van der Waals surface area contributed by atoms with Gasteiger partial charge in [0.05, 0.1) is 21.8 Å². The molecular weight excluding hydrogens is 526 g/mol. The average molecular weight is 548 g/mol. The van der Waals surface area contributed by atoms with Gasteiger partial charge in [0, 0.05) is 29.6 Å². The second-order valence-corrected chi connectivity index (χ2v) is 11.0. The highest BCUT2D eigenvalue weighted by Gasteiger charge is 2.70. The summed E-state index contributed by atoms with van der Waals surface area (Å²) in [6, 6.07) is 22.2. The predicted molar refractivity (Wildman–Crippen MR) is 150 cm³/mol. The summed E-state index contributed by atoms with van der Waals surface area (Å²) in [5.41, 5.74) is 1.63. The molecule has 0 radical (unpaired) electrons. The minimum atomic E-state index is -1.44. The SMILES string of the molecule is O=C(c1cccs1)[C@@H]1[C@H](C(=O)c2ccc([N+](=O)[O-])cc2)[C@@]2(C(=O)Nc3ccccc32)[C@@H]2c3ccccc3C=CN12. The number of carbonyl (C=O) groups is 3. The topological polar surface area (TPSA) is 110 Å². The summed E-state index contributed by atoms with van der Waals surface area (Å²) in [7, 11) is 0. The van der Waals surface area contributed by atoms with Crippen molar-refractivity contribution in [1.29, 1.82) is 0 Å². The zero-order valence-corrected chi connectivity index (χ0v) is 21.7. The van der Waals surface area contributed by atoms with Gasteiger partial charge in [-0.1, -0.05) is 48.5 Å². The van der Waals surface area contributed by atoms with Gasteiger partial charge in [0.25, 0.3) is 5.69 Å². The molecule has 1 aromatic heterocycles. The second kappa shape index (κ2) is 8.82. The van der Waals surface area contributed by atoms with Gasteiger partial charge in [-0.25, -0.2) is 0 Å². The van der Waals surface area contributed by atoms with Gasteiger partial charge in [-0.05, 0) is 52.4 Å². The Balaban J connectivity index is 1.52. The second-order valence-electron chi connectivity index (χ2n) is 10.1. The van der Waals surface area contributed by atoms with E-state index in [1.165, 1.54) is 35.6 Å². The molecule has 1 amide bonds. The van der Waals surface area contributed by atoms with Crippen LogP contribution < -0.4 is 5.32 Å². The van der Waals surface area contributed by atoms with E-state index in [1.807, 2.05) is 65.0 Å². The molecule has 9 heteroatoms. The molecule has 40 heavy (non-hydrogen) atoms. The Morgan fingerprint density at radius 3 is 2.42 bits per heavy atom. The number of hydrogen-bond donors (Lipinski definition) is 1. The molecule has 0 unspecified atom stereocenters. The molecule has 4 atom stereocenters. The van der Waals surface area contributed by atoms with E-state index in [2.05, 4.69) is 5.32 Å². The Labute approximate surface area is 232 Å². The summed E-state index contributed by atoms with van der Waals surface area (Å²) in [5.74, 6) is -2.14. The fourth-order valence-electron chi connectivity index (χ4n) is 6.66. The molecule has 3 aromatic carbocycles. The number of benzene rings is 3. The first-order valence-corrected chi connectivity index (χ1v) is 13.6. The minimum Gasteiger partial charge on any atom is -0.358 e. The lowest BCUT2D eigenvalue weighted by molar-refractivity contribution is -0.384. The Kier molecular flexibility index (Phi) is 5.33. The third-order valence-corrected chi connectivity index (χ3v) is 9.13. The first kappa shape index (κ1) is 24.2. The number of Topliss-reactive ketones (excluding diaryl/α,β-unsaturated/α-hetero) is 2. The van der Waals surface area contributed by atoms with Crippen LogP contribution in [0.15, 0.2) is 96.5 Å². The number of carbonyl (C=O) groups excluding carboxylic acids is 3. The average Bonchev–Trinajstić information content (AvgIpc) is 3.69. The van der Waals surface area contributed by atoms with E-state index in [1.54, 1.807) is 18.2 Å². The number of nitrogens with one attached hydrogen (secondary N) is 1. The van der Waals surface area contributed by atoms with Gasteiger partial charge >= 0.3 is 0 Å². The van der Waals surface area contributed by atoms with Crippen LogP contribution in [-0.4, -0.2) is 33.3 Å². The Hall–Kier alpha value is -4.89. The minimum absolute atomic E-state index is 0.151. The van der Waals surface area contributed by atoms with Crippen molar-refractivity contribution in [2.45, 2.75) is 17.5 Å².